The van der Waals surface area contributed by atoms with Crippen LogP contribution in [0.15, 0.2) is 0 Å². The number of hydrogen-bond donors (Lipinski definition) is 1. The molecular formula is C12H24N2O2. The van der Waals surface area contributed by atoms with Crippen molar-refractivity contribution >= 4 is 5.91 Å². The van der Waals surface area contributed by atoms with Crippen molar-refractivity contribution in [2.24, 2.45) is 11.7 Å². The van der Waals surface area contributed by atoms with Crippen LogP contribution >= 0.6 is 0 Å². The molecule has 4 heteroatoms. The van der Waals surface area contributed by atoms with Gasteiger partial charge in [-0.05, 0) is 38.1 Å². The van der Waals surface area contributed by atoms with E-state index in [4.69, 9.17) is 10.5 Å². The molecule has 16 heavy (non-hydrogen) atoms. The molecule has 1 aliphatic rings. The second-order valence-corrected chi connectivity index (χ2v) is 4.58. The van der Waals surface area contributed by atoms with E-state index in [9.17, 15) is 4.79 Å². The molecule has 1 rings (SSSR count). The third-order valence-corrected chi connectivity index (χ3v) is 3.14. The lowest BCUT2D eigenvalue weighted by molar-refractivity contribution is -0.131. The maximum absolute atomic E-state index is 11.7. The molecule has 1 saturated heterocycles. The summed E-state index contributed by atoms with van der Waals surface area (Å²) in [5, 5.41) is 0. The summed E-state index contributed by atoms with van der Waals surface area (Å²) in [6, 6.07) is 0. The van der Waals surface area contributed by atoms with Gasteiger partial charge in [0.25, 0.3) is 0 Å². The van der Waals surface area contributed by atoms with Gasteiger partial charge in [0, 0.05) is 33.2 Å². The lowest BCUT2D eigenvalue weighted by Crippen LogP contribution is -2.34. The Morgan fingerprint density at radius 2 is 2.06 bits per heavy atom. The van der Waals surface area contributed by atoms with Crippen LogP contribution in [0.5, 0.6) is 0 Å². The van der Waals surface area contributed by atoms with E-state index in [0.717, 1.165) is 45.4 Å². The van der Waals surface area contributed by atoms with Crippen molar-refractivity contribution < 1.29 is 9.53 Å². The maximum Gasteiger partial charge on any atom is 0.222 e. The first-order valence-corrected chi connectivity index (χ1v) is 6.26. The number of amides is 1. The van der Waals surface area contributed by atoms with E-state index in [2.05, 4.69) is 0 Å². The molecule has 1 heterocycles. The SMILES string of the molecule is CN(CC1CCOCC1)C(=O)CCCCN. The summed E-state index contributed by atoms with van der Waals surface area (Å²) >= 11 is 0. The van der Waals surface area contributed by atoms with Crippen LogP contribution in [0.2, 0.25) is 0 Å². The molecule has 0 aromatic carbocycles. The van der Waals surface area contributed by atoms with E-state index in [-0.39, 0.29) is 5.91 Å². The molecule has 4 nitrogen and oxygen atoms in total. The molecule has 0 bridgehead atoms. The van der Waals surface area contributed by atoms with E-state index < -0.39 is 0 Å². The zero-order chi connectivity index (χ0) is 11.8. The van der Waals surface area contributed by atoms with Gasteiger partial charge in [0.1, 0.15) is 0 Å². The Bertz CT molecular complexity index is 203. The van der Waals surface area contributed by atoms with Crippen LogP contribution in [-0.4, -0.2) is 44.2 Å². The predicted octanol–water partition coefficient (Wildman–Crippen LogP) is 1.00. The van der Waals surface area contributed by atoms with Gasteiger partial charge < -0.3 is 15.4 Å². The first-order chi connectivity index (χ1) is 7.74. The molecule has 2 N–H and O–H groups in total. The average Bonchev–Trinajstić information content (AvgIpc) is 2.30. The molecule has 0 aromatic rings. The molecule has 0 aliphatic carbocycles. The second-order valence-electron chi connectivity index (χ2n) is 4.58. The first kappa shape index (κ1) is 13.5. The summed E-state index contributed by atoms with van der Waals surface area (Å²) in [5.41, 5.74) is 5.40. The largest absolute Gasteiger partial charge is 0.381 e. The van der Waals surface area contributed by atoms with Crippen LogP contribution in [0, 0.1) is 5.92 Å². The lowest BCUT2D eigenvalue weighted by atomic mass is 10.00. The van der Waals surface area contributed by atoms with Gasteiger partial charge in [-0.1, -0.05) is 0 Å². The third-order valence-electron chi connectivity index (χ3n) is 3.14. The number of nitrogens with two attached hydrogens (primary N) is 1. The molecule has 0 saturated carbocycles. The molecule has 94 valence electrons. The van der Waals surface area contributed by atoms with Crippen molar-refractivity contribution in [3.63, 3.8) is 0 Å². The van der Waals surface area contributed by atoms with E-state index in [1.54, 1.807) is 0 Å². The number of carbonyl (C=O) groups is 1. The Hall–Kier alpha value is -0.610. The summed E-state index contributed by atoms with van der Waals surface area (Å²) < 4.78 is 5.30. The Labute approximate surface area is 98.1 Å². The zero-order valence-corrected chi connectivity index (χ0v) is 10.3. The van der Waals surface area contributed by atoms with Gasteiger partial charge in [-0.25, -0.2) is 0 Å². The van der Waals surface area contributed by atoms with Gasteiger partial charge in [-0.15, -0.1) is 0 Å². The fraction of sp³-hybridized carbons (Fsp3) is 0.917. The number of carbonyl (C=O) groups excluding carboxylic acids is 1. The van der Waals surface area contributed by atoms with Crippen LogP contribution in [0.4, 0.5) is 0 Å². The summed E-state index contributed by atoms with van der Waals surface area (Å²) in [7, 11) is 1.90. The van der Waals surface area contributed by atoms with Crippen molar-refractivity contribution in [3.05, 3.63) is 0 Å². The molecular weight excluding hydrogens is 204 g/mol. The van der Waals surface area contributed by atoms with Crippen molar-refractivity contribution in [2.45, 2.75) is 32.1 Å². The first-order valence-electron chi connectivity index (χ1n) is 6.26. The highest BCUT2D eigenvalue weighted by Crippen LogP contribution is 2.16. The number of unbranched alkanes of at least 4 members (excludes halogenated alkanes) is 1. The van der Waals surface area contributed by atoms with Crippen molar-refractivity contribution in [1.82, 2.24) is 4.90 Å². The summed E-state index contributed by atoms with van der Waals surface area (Å²) in [6.07, 6.45) is 4.65. The molecule has 0 radical (unpaired) electrons. The highest BCUT2D eigenvalue weighted by atomic mass is 16.5. The summed E-state index contributed by atoms with van der Waals surface area (Å²) in [5.74, 6) is 0.872. The smallest absolute Gasteiger partial charge is 0.222 e. The van der Waals surface area contributed by atoms with Crippen molar-refractivity contribution in [2.75, 3.05) is 33.4 Å². The Morgan fingerprint density at radius 1 is 1.38 bits per heavy atom. The van der Waals surface area contributed by atoms with E-state index in [0.29, 0.717) is 18.9 Å². The average molecular weight is 228 g/mol. The molecule has 0 aromatic heterocycles. The molecule has 0 unspecified atom stereocenters. The number of hydrogen-bond acceptors (Lipinski definition) is 3. The number of ether oxygens (including phenoxy) is 1. The zero-order valence-electron chi connectivity index (χ0n) is 10.3. The monoisotopic (exact) mass is 228 g/mol. The van der Waals surface area contributed by atoms with Crippen LogP contribution in [0.1, 0.15) is 32.1 Å². The molecule has 0 atom stereocenters. The quantitative estimate of drug-likeness (QED) is 0.690. The number of nitrogens with zero attached hydrogens (tertiary/aromatic N) is 1. The van der Waals surface area contributed by atoms with Gasteiger partial charge in [0.2, 0.25) is 5.91 Å². The fourth-order valence-corrected chi connectivity index (χ4v) is 2.03. The highest BCUT2D eigenvalue weighted by Gasteiger charge is 2.18. The van der Waals surface area contributed by atoms with Crippen LogP contribution in [0.25, 0.3) is 0 Å². The van der Waals surface area contributed by atoms with Crippen molar-refractivity contribution in [1.29, 1.82) is 0 Å². The molecule has 1 amide bonds. The van der Waals surface area contributed by atoms with Crippen LogP contribution in [-0.2, 0) is 9.53 Å². The standard InChI is InChI=1S/C12H24N2O2/c1-14(12(15)4-2-3-7-13)10-11-5-8-16-9-6-11/h11H,2-10,13H2,1H3. The van der Waals surface area contributed by atoms with Crippen LogP contribution in [0.3, 0.4) is 0 Å². The maximum atomic E-state index is 11.7. The van der Waals surface area contributed by atoms with E-state index >= 15 is 0 Å². The topological polar surface area (TPSA) is 55.6 Å². The van der Waals surface area contributed by atoms with Gasteiger partial charge in [-0.3, -0.25) is 4.79 Å². The minimum Gasteiger partial charge on any atom is -0.381 e. The Kier molecular flexibility index (Phi) is 6.42. The Balaban J connectivity index is 2.16. The minimum absolute atomic E-state index is 0.250. The summed E-state index contributed by atoms with van der Waals surface area (Å²) in [6.45, 7) is 3.25. The normalized spacial score (nSPS) is 17.4. The minimum atomic E-state index is 0.250. The molecule has 0 spiro atoms. The second kappa shape index (κ2) is 7.63. The van der Waals surface area contributed by atoms with Gasteiger partial charge in [0.05, 0.1) is 0 Å². The van der Waals surface area contributed by atoms with Gasteiger partial charge in [0.15, 0.2) is 0 Å². The van der Waals surface area contributed by atoms with Crippen molar-refractivity contribution in [3.8, 4) is 0 Å². The Morgan fingerprint density at radius 3 is 2.69 bits per heavy atom. The van der Waals surface area contributed by atoms with E-state index in [1.165, 1.54) is 0 Å². The van der Waals surface area contributed by atoms with E-state index in [1.807, 2.05) is 11.9 Å². The highest BCUT2D eigenvalue weighted by molar-refractivity contribution is 5.75. The fourth-order valence-electron chi connectivity index (χ4n) is 2.03. The van der Waals surface area contributed by atoms with Gasteiger partial charge >= 0.3 is 0 Å². The molecule has 1 aliphatic heterocycles. The predicted molar refractivity (Wildman–Crippen MR) is 64.1 cm³/mol. The van der Waals surface area contributed by atoms with Crippen LogP contribution < -0.4 is 5.73 Å². The van der Waals surface area contributed by atoms with Gasteiger partial charge in [-0.2, -0.15) is 0 Å². The molecule has 1 fully saturated rings. The number of rotatable bonds is 6. The third kappa shape index (κ3) is 4.94. The summed E-state index contributed by atoms with van der Waals surface area (Å²) in [4.78, 5) is 13.6. The lowest BCUT2D eigenvalue weighted by Gasteiger charge is -2.27.